The van der Waals surface area contributed by atoms with E-state index in [-0.39, 0.29) is 0 Å². The van der Waals surface area contributed by atoms with E-state index >= 15 is 0 Å². The first-order valence-electron chi connectivity index (χ1n) is 17.1. The van der Waals surface area contributed by atoms with Gasteiger partial charge in [0.1, 0.15) is 5.41 Å². The lowest BCUT2D eigenvalue weighted by Gasteiger charge is -2.30. The summed E-state index contributed by atoms with van der Waals surface area (Å²) in [5.74, 6) is 7.47. The summed E-state index contributed by atoms with van der Waals surface area (Å²) >= 11 is 0. The normalized spacial score (nSPS) is 14.3. The molecule has 0 bridgehead atoms. The van der Waals surface area contributed by atoms with Crippen molar-refractivity contribution in [1.82, 2.24) is 0 Å². The fourth-order valence-electron chi connectivity index (χ4n) is 7.63. The van der Waals surface area contributed by atoms with E-state index in [2.05, 4.69) is 211 Å². The molecule has 0 spiro atoms. The first-order valence-corrected chi connectivity index (χ1v) is 17.1. The monoisotopic (exact) mass is 635 g/mol. The molecule has 8 aromatic rings. The number of fused-ring (bicyclic) bond motifs is 4. The molecule has 1 atom stereocenters. The summed E-state index contributed by atoms with van der Waals surface area (Å²) in [7, 11) is 0. The molecule has 1 aliphatic rings. The molecular weight excluding hydrogens is 603 g/mol. The standard InChI is InChI=1S/C49H33N/c1-4-16-36(17-5-1)34-35-49(40-22-8-3-9-23-40)44-26-13-12-25-43(44)48-45(49)27-15-29-47(48)50(46-28-14-21-39-20-10-11-24-42(39)46)41-32-30-38(31-33-41)37-18-6-2-7-19-37/h1-33H. The summed E-state index contributed by atoms with van der Waals surface area (Å²) in [6, 6.07) is 71.5. The number of hydrogen-bond acceptors (Lipinski definition) is 1. The van der Waals surface area contributed by atoms with E-state index in [0.29, 0.717) is 0 Å². The van der Waals surface area contributed by atoms with Crippen LogP contribution in [0.15, 0.2) is 200 Å². The van der Waals surface area contributed by atoms with Crippen molar-refractivity contribution in [2.45, 2.75) is 5.41 Å². The Morgan fingerprint density at radius 3 is 1.80 bits per heavy atom. The van der Waals surface area contributed by atoms with Crippen molar-refractivity contribution in [3.63, 3.8) is 0 Å². The SMILES string of the molecule is C(#CC1(c2ccccc2)c2ccccc2-c2c(N(c3ccc(-c4ccccc4)cc3)c3cccc4ccccc34)cccc21)c1ccccc1. The quantitative estimate of drug-likeness (QED) is 0.170. The van der Waals surface area contributed by atoms with Gasteiger partial charge in [0.25, 0.3) is 0 Å². The molecule has 0 aliphatic heterocycles. The molecule has 234 valence electrons. The maximum absolute atomic E-state index is 3.87. The fourth-order valence-corrected chi connectivity index (χ4v) is 7.63. The minimum atomic E-state index is -0.666. The molecule has 9 rings (SSSR count). The predicted octanol–water partition coefficient (Wildman–Crippen LogP) is 12.3. The summed E-state index contributed by atoms with van der Waals surface area (Å²) in [4.78, 5) is 2.44. The van der Waals surface area contributed by atoms with Crippen molar-refractivity contribution in [1.29, 1.82) is 0 Å². The van der Waals surface area contributed by atoms with Gasteiger partial charge in [-0.2, -0.15) is 0 Å². The van der Waals surface area contributed by atoms with Gasteiger partial charge in [0.05, 0.1) is 11.4 Å². The second-order valence-corrected chi connectivity index (χ2v) is 12.7. The highest BCUT2D eigenvalue weighted by Crippen LogP contribution is 2.57. The lowest BCUT2D eigenvalue weighted by Crippen LogP contribution is -2.25. The highest BCUT2D eigenvalue weighted by atomic mass is 15.1. The van der Waals surface area contributed by atoms with E-state index < -0.39 is 5.41 Å². The summed E-state index contributed by atoms with van der Waals surface area (Å²) in [5.41, 5.74) is 12.0. The van der Waals surface area contributed by atoms with Crippen LogP contribution >= 0.6 is 0 Å². The molecule has 0 heterocycles. The van der Waals surface area contributed by atoms with Crippen molar-refractivity contribution in [3.05, 3.63) is 222 Å². The maximum atomic E-state index is 3.87. The molecule has 0 aromatic heterocycles. The first kappa shape index (κ1) is 29.5. The van der Waals surface area contributed by atoms with Crippen LogP contribution in [0, 0.1) is 11.8 Å². The van der Waals surface area contributed by atoms with Crippen molar-refractivity contribution in [2.24, 2.45) is 0 Å². The maximum Gasteiger partial charge on any atom is 0.108 e. The average molecular weight is 636 g/mol. The molecule has 50 heavy (non-hydrogen) atoms. The summed E-state index contributed by atoms with van der Waals surface area (Å²) in [6.07, 6.45) is 0. The molecule has 0 radical (unpaired) electrons. The van der Waals surface area contributed by atoms with Crippen LogP contribution in [-0.2, 0) is 5.41 Å². The Labute approximate surface area is 293 Å². The van der Waals surface area contributed by atoms with Gasteiger partial charge >= 0.3 is 0 Å². The Kier molecular flexibility index (Phi) is 7.34. The summed E-state index contributed by atoms with van der Waals surface area (Å²) in [5, 5.41) is 2.40. The van der Waals surface area contributed by atoms with E-state index in [9.17, 15) is 0 Å². The molecule has 0 N–H and O–H groups in total. The Morgan fingerprint density at radius 1 is 0.420 bits per heavy atom. The molecule has 0 fully saturated rings. The van der Waals surface area contributed by atoms with Crippen LogP contribution in [0.1, 0.15) is 22.3 Å². The summed E-state index contributed by atoms with van der Waals surface area (Å²) in [6.45, 7) is 0. The van der Waals surface area contributed by atoms with Crippen LogP contribution in [0.2, 0.25) is 0 Å². The van der Waals surface area contributed by atoms with E-state index in [1.807, 2.05) is 6.07 Å². The van der Waals surface area contributed by atoms with Gasteiger partial charge in [0.2, 0.25) is 0 Å². The average Bonchev–Trinajstić information content (AvgIpc) is 3.49. The van der Waals surface area contributed by atoms with Crippen LogP contribution in [0.25, 0.3) is 33.0 Å². The van der Waals surface area contributed by atoms with Gasteiger partial charge in [-0.05, 0) is 75.2 Å². The topological polar surface area (TPSA) is 3.24 Å². The number of anilines is 3. The second kappa shape index (κ2) is 12.4. The highest BCUT2D eigenvalue weighted by Gasteiger charge is 2.45. The molecule has 1 nitrogen and oxygen atoms in total. The van der Waals surface area contributed by atoms with Crippen LogP contribution in [0.4, 0.5) is 17.1 Å². The Bertz CT molecular complexity index is 2520. The largest absolute Gasteiger partial charge is 0.309 e. The van der Waals surface area contributed by atoms with Crippen LogP contribution in [0.3, 0.4) is 0 Å². The number of rotatable bonds is 5. The zero-order chi connectivity index (χ0) is 33.3. The first-order chi connectivity index (χ1) is 24.8. The van der Waals surface area contributed by atoms with Gasteiger partial charge in [-0.25, -0.2) is 0 Å². The van der Waals surface area contributed by atoms with Gasteiger partial charge in [0.15, 0.2) is 0 Å². The molecule has 0 saturated carbocycles. The van der Waals surface area contributed by atoms with Gasteiger partial charge in [0, 0.05) is 22.2 Å². The molecule has 0 saturated heterocycles. The fraction of sp³-hybridized carbons (Fsp3) is 0.0204. The van der Waals surface area contributed by atoms with Gasteiger partial charge in [-0.1, -0.05) is 176 Å². The second-order valence-electron chi connectivity index (χ2n) is 12.7. The molecule has 1 unspecified atom stereocenters. The smallest absolute Gasteiger partial charge is 0.108 e. The van der Waals surface area contributed by atoms with E-state index in [4.69, 9.17) is 0 Å². The third kappa shape index (κ3) is 4.90. The minimum Gasteiger partial charge on any atom is -0.309 e. The third-order valence-corrected chi connectivity index (χ3v) is 9.90. The van der Waals surface area contributed by atoms with Crippen molar-refractivity contribution in [2.75, 3.05) is 4.90 Å². The molecule has 1 heteroatoms. The van der Waals surface area contributed by atoms with Crippen molar-refractivity contribution in [3.8, 4) is 34.1 Å². The van der Waals surface area contributed by atoms with Crippen LogP contribution < -0.4 is 4.90 Å². The van der Waals surface area contributed by atoms with E-state index in [0.717, 1.165) is 28.2 Å². The third-order valence-electron chi connectivity index (χ3n) is 9.90. The Hall–Kier alpha value is -6.62. The molecule has 8 aromatic carbocycles. The van der Waals surface area contributed by atoms with E-state index in [1.165, 1.54) is 44.2 Å². The number of hydrogen-bond donors (Lipinski definition) is 0. The van der Waals surface area contributed by atoms with Gasteiger partial charge < -0.3 is 4.90 Å². The molecule has 1 aliphatic carbocycles. The lowest BCUT2D eigenvalue weighted by atomic mass is 9.73. The van der Waals surface area contributed by atoms with Crippen LogP contribution in [0.5, 0.6) is 0 Å². The Morgan fingerprint density at radius 2 is 1.00 bits per heavy atom. The van der Waals surface area contributed by atoms with Crippen molar-refractivity contribution < 1.29 is 0 Å². The predicted molar refractivity (Wildman–Crippen MR) is 209 cm³/mol. The summed E-state index contributed by atoms with van der Waals surface area (Å²) < 4.78 is 0. The zero-order valence-corrected chi connectivity index (χ0v) is 27.5. The number of benzene rings is 8. The van der Waals surface area contributed by atoms with Gasteiger partial charge in [-0.3, -0.25) is 0 Å². The molecule has 0 amide bonds. The lowest BCUT2D eigenvalue weighted by molar-refractivity contribution is 0.837. The Balaban J connectivity index is 1.33. The van der Waals surface area contributed by atoms with E-state index in [1.54, 1.807) is 0 Å². The van der Waals surface area contributed by atoms with Crippen LogP contribution in [-0.4, -0.2) is 0 Å². The molecular formula is C49H33N. The minimum absolute atomic E-state index is 0.666. The van der Waals surface area contributed by atoms with Gasteiger partial charge in [-0.15, -0.1) is 0 Å². The highest BCUT2D eigenvalue weighted by molar-refractivity contribution is 6.03. The zero-order valence-electron chi connectivity index (χ0n) is 27.5. The number of nitrogens with zero attached hydrogens (tertiary/aromatic N) is 1. The van der Waals surface area contributed by atoms with Crippen molar-refractivity contribution >= 4 is 27.8 Å².